The van der Waals surface area contributed by atoms with Crippen molar-refractivity contribution in [3.8, 4) is 0 Å². The van der Waals surface area contributed by atoms with Crippen LogP contribution in [-0.2, 0) is 16.6 Å². The van der Waals surface area contributed by atoms with Crippen molar-refractivity contribution in [2.45, 2.75) is 13.5 Å². The van der Waals surface area contributed by atoms with Crippen LogP contribution in [0.5, 0.6) is 0 Å². The first-order chi connectivity index (χ1) is 11.9. The second-order valence-corrected chi connectivity index (χ2v) is 7.84. The number of hydrogen-bond acceptors (Lipinski definition) is 5. The topological polar surface area (TPSA) is 90.9 Å². The smallest absolute Gasteiger partial charge is 0.243 e. The predicted octanol–water partition coefficient (Wildman–Crippen LogP) is 2.74. The summed E-state index contributed by atoms with van der Waals surface area (Å²) < 4.78 is 26.5. The van der Waals surface area contributed by atoms with Crippen LogP contribution >= 0.6 is 11.6 Å². The summed E-state index contributed by atoms with van der Waals surface area (Å²) in [5, 5.41) is 0.673. The lowest BCUT2D eigenvalue weighted by atomic mass is 10.1. The summed E-state index contributed by atoms with van der Waals surface area (Å²) >= 11 is 5.81. The van der Waals surface area contributed by atoms with Gasteiger partial charge in [0.05, 0.1) is 5.75 Å². The molecule has 130 valence electrons. The van der Waals surface area contributed by atoms with Crippen LogP contribution in [-0.4, -0.2) is 28.1 Å². The molecule has 0 aliphatic heterocycles. The first-order valence-electron chi connectivity index (χ1n) is 7.60. The van der Waals surface area contributed by atoms with Crippen LogP contribution < -0.4 is 5.73 Å². The zero-order valence-corrected chi connectivity index (χ0v) is 15.1. The van der Waals surface area contributed by atoms with E-state index in [9.17, 15) is 8.42 Å². The van der Waals surface area contributed by atoms with Gasteiger partial charge in [0.25, 0.3) is 0 Å². The van der Waals surface area contributed by atoms with Gasteiger partial charge in [0.15, 0.2) is 5.65 Å². The highest BCUT2D eigenvalue weighted by atomic mass is 35.5. The molecule has 0 saturated carbocycles. The molecule has 3 aromatic rings. The monoisotopic (exact) mass is 376 g/mol. The zero-order chi connectivity index (χ0) is 18.0. The highest BCUT2D eigenvalue weighted by Gasteiger charge is 2.18. The second-order valence-electron chi connectivity index (χ2n) is 5.61. The van der Waals surface area contributed by atoms with E-state index in [1.165, 1.54) is 12.4 Å². The standard InChI is InChI=1S/C17H17ClN4O2S/c1-12-11-22(16-15(12)10-20-17(18)21-16)25(23,24)8-2-3-13-4-6-14(9-19)7-5-13/h2-7,10-11H,8-9,19H2,1H3. The van der Waals surface area contributed by atoms with Crippen LogP contribution in [0.3, 0.4) is 0 Å². The third-order valence-electron chi connectivity index (χ3n) is 3.82. The van der Waals surface area contributed by atoms with Crippen molar-refractivity contribution >= 4 is 38.7 Å². The SMILES string of the molecule is Cc1cn(S(=O)(=O)CC=Cc2ccc(CN)cc2)c2nc(Cl)ncc12. The molecule has 0 radical (unpaired) electrons. The Morgan fingerprint density at radius 2 is 2.00 bits per heavy atom. The fourth-order valence-corrected chi connectivity index (χ4v) is 3.82. The molecule has 6 nitrogen and oxygen atoms in total. The van der Waals surface area contributed by atoms with E-state index in [2.05, 4.69) is 9.97 Å². The van der Waals surface area contributed by atoms with Crippen LogP contribution in [0.2, 0.25) is 5.28 Å². The largest absolute Gasteiger partial charge is 0.326 e. The number of nitrogens with zero attached hydrogens (tertiary/aromatic N) is 3. The average molecular weight is 377 g/mol. The van der Waals surface area contributed by atoms with Gasteiger partial charge in [0.2, 0.25) is 15.3 Å². The molecule has 0 atom stereocenters. The minimum absolute atomic E-state index is 0.0117. The van der Waals surface area contributed by atoms with E-state index in [-0.39, 0.29) is 16.7 Å². The van der Waals surface area contributed by atoms with Crippen molar-refractivity contribution in [1.29, 1.82) is 0 Å². The summed E-state index contributed by atoms with van der Waals surface area (Å²) in [4.78, 5) is 7.95. The molecule has 8 heteroatoms. The Morgan fingerprint density at radius 3 is 2.68 bits per heavy atom. The molecule has 0 bridgehead atoms. The lowest BCUT2D eigenvalue weighted by Crippen LogP contribution is -2.15. The number of benzene rings is 1. The van der Waals surface area contributed by atoms with Crippen LogP contribution in [0.1, 0.15) is 16.7 Å². The fourth-order valence-electron chi connectivity index (χ4n) is 2.47. The molecule has 2 N–H and O–H groups in total. The summed E-state index contributed by atoms with van der Waals surface area (Å²) in [7, 11) is -3.60. The number of hydrogen-bond donors (Lipinski definition) is 1. The molecule has 0 fully saturated rings. The molecular formula is C17H17ClN4O2S. The van der Waals surface area contributed by atoms with E-state index in [1.807, 2.05) is 24.3 Å². The minimum atomic E-state index is -3.60. The predicted molar refractivity (Wildman–Crippen MR) is 99.8 cm³/mol. The molecule has 0 aliphatic rings. The Bertz CT molecular complexity index is 1040. The molecular weight excluding hydrogens is 360 g/mol. The quantitative estimate of drug-likeness (QED) is 0.691. The first-order valence-corrected chi connectivity index (χ1v) is 9.58. The van der Waals surface area contributed by atoms with Gasteiger partial charge in [0.1, 0.15) is 0 Å². The zero-order valence-electron chi connectivity index (χ0n) is 13.6. The molecule has 0 amide bonds. The Labute approximate surface area is 151 Å². The summed E-state index contributed by atoms with van der Waals surface area (Å²) in [6, 6.07) is 7.62. The van der Waals surface area contributed by atoms with Gasteiger partial charge in [-0.1, -0.05) is 36.4 Å². The summed E-state index contributed by atoms with van der Waals surface area (Å²) in [5.41, 5.74) is 8.56. The van der Waals surface area contributed by atoms with Crippen molar-refractivity contribution in [1.82, 2.24) is 13.9 Å². The van der Waals surface area contributed by atoms with Gasteiger partial charge in [-0.3, -0.25) is 0 Å². The Balaban J connectivity index is 1.87. The van der Waals surface area contributed by atoms with Crippen LogP contribution in [0, 0.1) is 6.92 Å². The van der Waals surface area contributed by atoms with Gasteiger partial charge in [0, 0.05) is 24.3 Å². The number of rotatable bonds is 5. The van der Waals surface area contributed by atoms with Crippen LogP contribution in [0.4, 0.5) is 0 Å². The number of halogens is 1. The maximum absolute atomic E-state index is 12.7. The van der Waals surface area contributed by atoms with Crippen molar-refractivity contribution in [3.05, 3.63) is 64.7 Å². The molecule has 3 rings (SSSR count). The van der Waals surface area contributed by atoms with Crippen LogP contribution in [0.25, 0.3) is 17.1 Å². The summed E-state index contributed by atoms with van der Waals surface area (Å²) in [6.45, 7) is 2.28. The van der Waals surface area contributed by atoms with Crippen molar-refractivity contribution in [3.63, 3.8) is 0 Å². The lowest BCUT2D eigenvalue weighted by Gasteiger charge is -2.04. The molecule has 0 unspecified atom stereocenters. The fraction of sp³-hybridized carbons (Fsp3) is 0.176. The lowest BCUT2D eigenvalue weighted by molar-refractivity contribution is 0.591. The normalized spacial score (nSPS) is 12.3. The Morgan fingerprint density at radius 1 is 1.28 bits per heavy atom. The first kappa shape index (κ1) is 17.6. The maximum atomic E-state index is 12.7. The molecule has 2 aromatic heterocycles. The van der Waals surface area contributed by atoms with Gasteiger partial charge >= 0.3 is 0 Å². The second kappa shape index (κ2) is 6.95. The number of aromatic nitrogens is 3. The van der Waals surface area contributed by atoms with Gasteiger partial charge in [-0.2, -0.15) is 4.98 Å². The molecule has 25 heavy (non-hydrogen) atoms. The molecule has 2 heterocycles. The molecule has 0 aliphatic carbocycles. The van der Waals surface area contributed by atoms with E-state index in [4.69, 9.17) is 17.3 Å². The van der Waals surface area contributed by atoms with E-state index < -0.39 is 10.0 Å². The Hall–Kier alpha value is -2.22. The number of nitrogens with two attached hydrogens (primary N) is 1. The van der Waals surface area contributed by atoms with Gasteiger partial charge < -0.3 is 5.73 Å². The third kappa shape index (κ3) is 3.73. The molecule has 1 aromatic carbocycles. The summed E-state index contributed by atoms with van der Waals surface area (Å²) in [6.07, 6.45) is 6.44. The van der Waals surface area contributed by atoms with E-state index in [1.54, 1.807) is 19.1 Å². The van der Waals surface area contributed by atoms with Crippen molar-refractivity contribution in [2.75, 3.05) is 5.75 Å². The average Bonchev–Trinajstić information content (AvgIpc) is 2.92. The highest BCUT2D eigenvalue weighted by molar-refractivity contribution is 7.90. The molecule has 0 spiro atoms. The van der Waals surface area contributed by atoms with Gasteiger partial charge in [-0.25, -0.2) is 17.4 Å². The van der Waals surface area contributed by atoms with E-state index in [0.717, 1.165) is 20.7 Å². The number of fused-ring (bicyclic) bond motifs is 1. The van der Waals surface area contributed by atoms with Gasteiger partial charge in [-0.15, -0.1) is 0 Å². The van der Waals surface area contributed by atoms with E-state index in [0.29, 0.717) is 11.9 Å². The third-order valence-corrected chi connectivity index (χ3v) is 5.49. The van der Waals surface area contributed by atoms with Crippen LogP contribution in [0.15, 0.2) is 42.7 Å². The van der Waals surface area contributed by atoms with E-state index >= 15 is 0 Å². The molecule has 0 saturated heterocycles. The number of aryl methyl sites for hydroxylation is 1. The van der Waals surface area contributed by atoms with Crippen molar-refractivity contribution < 1.29 is 8.42 Å². The highest BCUT2D eigenvalue weighted by Crippen LogP contribution is 2.21. The Kier molecular flexibility index (Phi) is 4.89. The summed E-state index contributed by atoms with van der Waals surface area (Å²) in [5.74, 6) is -0.156. The maximum Gasteiger partial charge on any atom is 0.243 e. The van der Waals surface area contributed by atoms with Crippen molar-refractivity contribution in [2.24, 2.45) is 5.73 Å². The van der Waals surface area contributed by atoms with Gasteiger partial charge in [-0.05, 0) is 35.2 Å². The minimum Gasteiger partial charge on any atom is -0.326 e.